The molecule has 0 saturated carbocycles. The Balaban J connectivity index is 1.80. The minimum Gasteiger partial charge on any atom is -0.497 e. The molecule has 0 aliphatic heterocycles. The number of ether oxygens (including phenoxy) is 2. The molecule has 0 fully saturated rings. The number of nitrogens with one attached hydrogen (secondary N) is 2. The van der Waals surface area contributed by atoms with Gasteiger partial charge in [-0.25, -0.2) is 0 Å². The standard InChI is InChI=1S/C21H21N3O3/c1-14-5-4-6-16(9-14)24-21(25)15-10-17(13-22-12-15)23-19-11-18(26-2)7-8-20(19)27-3/h4-13,23H,1-3H3,(H,24,25). The van der Waals surface area contributed by atoms with Gasteiger partial charge in [-0.15, -0.1) is 0 Å². The van der Waals surface area contributed by atoms with Crippen LogP contribution in [-0.2, 0) is 0 Å². The lowest BCUT2D eigenvalue weighted by atomic mass is 10.2. The first-order valence-electron chi connectivity index (χ1n) is 8.41. The van der Waals surface area contributed by atoms with Gasteiger partial charge in [0.2, 0.25) is 0 Å². The lowest BCUT2D eigenvalue weighted by Crippen LogP contribution is -2.12. The largest absolute Gasteiger partial charge is 0.497 e. The number of methoxy groups -OCH3 is 2. The predicted octanol–water partition coefficient (Wildman–Crippen LogP) is 4.40. The highest BCUT2D eigenvalue weighted by Gasteiger charge is 2.10. The van der Waals surface area contributed by atoms with Crippen molar-refractivity contribution >= 4 is 23.0 Å². The highest BCUT2D eigenvalue weighted by molar-refractivity contribution is 6.04. The number of aromatic nitrogens is 1. The zero-order valence-corrected chi connectivity index (χ0v) is 15.4. The second-order valence-electron chi connectivity index (χ2n) is 5.98. The van der Waals surface area contributed by atoms with Gasteiger partial charge >= 0.3 is 0 Å². The van der Waals surface area contributed by atoms with Gasteiger partial charge in [0.25, 0.3) is 5.91 Å². The summed E-state index contributed by atoms with van der Waals surface area (Å²) in [5.74, 6) is 1.12. The summed E-state index contributed by atoms with van der Waals surface area (Å²) in [7, 11) is 3.19. The van der Waals surface area contributed by atoms with E-state index < -0.39 is 0 Å². The van der Waals surface area contributed by atoms with Crippen molar-refractivity contribution in [1.29, 1.82) is 0 Å². The third-order valence-corrected chi connectivity index (χ3v) is 3.96. The van der Waals surface area contributed by atoms with E-state index in [0.29, 0.717) is 22.7 Å². The van der Waals surface area contributed by atoms with Crippen LogP contribution in [0, 0.1) is 6.92 Å². The summed E-state index contributed by atoms with van der Waals surface area (Å²) in [4.78, 5) is 16.7. The van der Waals surface area contributed by atoms with E-state index in [9.17, 15) is 4.79 Å². The van der Waals surface area contributed by atoms with E-state index in [4.69, 9.17) is 9.47 Å². The number of carbonyl (C=O) groups excluding carboxylic acids is 1. The fourth-order valence-electron chi connectivity index (χ4n) is 2.63. The molecule has 6 nitrogen and oxygen atoms in total. The van der Waals surface area contributed by atoms with E-state index >= 15 is 0 Å². The van der Waals surface area contributed by atoms with Crippen LogP contribution < -0.4 is 20.1 Å². The Labute approximate surface area is 158 Å². The van der Waals surface area contributed by atoms with Gasteiger partial charge in [-0.2, -0.15) is 0 Å². The van der Waals surface area contributed by atoms with Crippen LogP contribution in [0.2, 0.25) is 0 Å². The molecule has 0 bridgehead atoms. The first-order chi connectivity index (χ1) is 13.1. The number of aryl methyl sites for hydroxylation is 1. The van der Waals surface area contributed by atoms with Crippen molar-refractivity contribution in [2.45, 2.75) is 6.92 Å². The number of benzene rings is 2. The average molecular weight is 363 g/mol. The van der Waals surface area contributed by atoms with Gasteiger partial charge in [0.15, 0.2) is 0 Å². The van der Waals surface area contributed by atoms with E-state index in [0.717, 1.165) is 16.9 Å². The number of amides is 1. The fourth-order valence-corrected chi connectivity index (χ4v) is 2.63. The SMILES string of the molecule is COc1ccc(OC)c(Nc2cncc(C(=O)Nc3cccc(C)c3)c2)c1. The molecule has 1 aromatic heterocycles. The molecule has 1 heterocycles. The minimum atomic E-state index is -0.227. The molecule has 1 amide bonds. The van der Waals surface area contributed by atoms with E-state index in [1.54, 1.807) is 26.5 Å². The second kappa shape index (κ2) is 8.23. The Bertz CT molecular complexity index is 957. The Morgan fingerprint density at radius 3 is 2.56 bits per heavy atom. The van der Waals surface area contributed by atoms with E-state index in [1.165, 1.54) is 6.20 Å². The van der Waals surface area contributed by atoms with E-state index in [-0.39, 0.29) is 5.91 Å². The summed E-state index contributed by atoms with van der Waals surface area (Å²) in [6, 6.07) is 14.8. The Morgan fingerprint density at radius 2 is 1.81 bits per heavy atom. The van der Waals surface area contributed by atoms with E-state index in [2.05, 4.69) is 15.6 Å². The summed E-state index contributed by atoms with van der Waals surface area (Å²) < 4.78 is 10.6. The molecule has 3 aromatic rings. The fraction of sp³-hybridized carbons (Fsp3) is 0.143. The second-order valence-corrected chi connectivity index (χ2v) is 5.98. The van der Waals surface area contributed by atoms with Crippen LogP contribution in [0.1, 0.15) is 15.9 Å². The summed E-state index contributed by atoms with van der Waals surface area (Å²) >= 11 is 0. The van der Waals surface area contributed by atoms with Crippen molar-refractivity contribution in [1.82, 2.24) is 4.98 Å². The number of anilines is 3. The maximum absolute atomic E-state index is 12.5. The molecule has 0 aliphatic carbocycles. The van der Waals surface area contributed by atoms with Gasteiger partial charge in [0, 0.05) is 18.0 Å². The van der Waals surface area contributed by atoms with Crippen LogP contribution in [0.15, 0.2) is 60.9 Å². The third kappa shape index (κ3) is 4.55. The van der Waals surface area contributed by atoms with Gasteiger partial charge in [-0.3, -0.25) is 9.78 Å². The van der Waals surface area contributed by atoms with E-state index in [1.807, 2.05) is 49.4 Å². The molecule has 2 N–H and O–H groups in total. The number of rotatable bonds is 6. The van der Waals surface area contributed by atoms with Crippen molar-refractivity contribution in [3.8, 4) is 11.5 Å². The molecule has 3 rings (SSSR count). The van der Waals surface area contributed by atoms with Crippen molar-refractivity contribution < 1.29 is 14.3 Å². The molecule has 0 saturated heterocycles. The molecule has 0 radical (unpaired) electrons. The highest BCUT2D eigenvalue weighted by Crippen LogP contribution is 2.31. The van der Waals surface area contributed by atoms with Crippen molar-refractivity contribution in [2.24, 2.45) is 0 Å². The summed E-state index contributed by atoms with van der Waals surface area (Å²) in [6.45, 7) is 1.98. The molecule has 27 heavy (non-hydrogen) atoms. The van der Waals surface area contributed by atoms with Crippen molar-refractivity contribution in [3.05, 3.63) is 72.1 Å². The molecule has 138 valence electrons. The van der Waals surface area contributed by atoms with Crippen LogP contribution in [-0.4, -0.2) is 25.1 Å². The molecule has 0 atom stereocenters. The number of hydrogen-bond donors (Lipinski definition) is 2. The lowest BCUT2D eigenvalue weighted by Gasteiger charge is -2.13. The van der Waals surface area contributed by atoms with Crippen molar-refractivity contribution in [2.75, 3.05) is 24.9 Å². The topological polar surface area (TPSA) is 72.5 Å². The molecular weight excluding hydrogens is 342 g/mol. The molecule has 0 spiro atoms. The molecule has 6 heteroatoms. The number of carbonyl (C=O) groups is 1. The number of pyridine rings is 1. The molecule has 2 aromatic carbocycles. The number of hydrogen-bond acceptors (Lipinski definition) is 5. The zero-order chi connectivity index (χ0) is 19.2. The lowest BCUT2D eigenvalue weighted by molar-refractivity contribution is 0.102. The quantitative estimate of drug-likeness (QED) is 0.679. The monoisotopic (exact) mass is 363 g/mol. The summed E-state index contributed by atoms with van der Waals surface area (Å²) in [6.07, 6.45) is 3.17. The maximum atomic E-state index is 12.5. The van der Waals surface area contributed by atoms with Gasteiger partial charge in [0.05, 0.1) is 37.4 Å². The van der Waals surface area contributed by atoms with Crippen LogP contribution in [0.25, 0.3) is 0 Å². The van der Waals surface area contributed by atoms with Crippen molar-refractivity contribution in [3.63, 3.8) is 0 Å². The minimum absolute atomic E-state index is 0.227. The zero-order valence-electron chi connectivity index (χ0n) is 15.4. The summed E-state index contributed by atoms with van der Waals surface area (Å²) in [5, 5.41) is 6.10. The predicted molar refractivity (Wildman–Crippen MR) is 106 cm³/mol. The van der Waals surface area contributed by atoms with Gasteiger partial charge in [-0.1, -0.05) is 12.1 Å². The van der Waals surface area contributed by atoms with Crippen LogP contribution >= 0.6 is 0 Å². The third-order valence-electron chi connectivity index (χ3n) is 3.96. The average Bonchev–Trinajstić information content (AvgIpc) is 2.68. The molecule has 0 aliphatic rings. The maximum Gasteiger partial charge on any atom is 0.257 e. The molecular formula is C21H21N3O3. The van der Waals surface area contributed by atoms with Crippen LogP contribution in [0.4, 0.5) is 17.1 Å². The van der Waals surface area contributed by atoms with Gasteiger partial charge in [0.1, 0.15) is 11.5 Å². The first-order valence-corrected chi connectivity index (χ1v) is 8.41. The first kappa shape index (κ1) is 18.3. The van der Waals surface area contributed by atoms with Crippen LogP contribution in [0.5, 0.6) is 11.5 Å². The van der Waals surface area contributed by atoms with Crippen LogP contribution in [0.3, 0.4) is 0 Å². The number of nitrogens with zero attached hydrogens (tertiary/aromatic N) is 1. The Kier molecular flexibility index (Phi) is 5.56. The smallest absolute Gasteiger partial charge is 0.257 e. The van der Waals surface area contributed by atoms with Gasteiger partial charge in [-0.05, 0) is 42.8 Å². The Hall–Kier alpha value is -3.54. The van der Waals surface area contributed by atoms with Gasteiger partial charge < -0.3 is 20.1 Å². The Morgan fingerprint density at radius 1 is 0.963 bits per heavy atom. The summed E-state index contributed by atoms with van der Waals surface area (Å²) in [5.41, 5.74) is 3.65. The molecule has 0 unspecified atom stereocenters. The highest BCUT2D eigenvalue weighted by atomic mass is 16.5. The normalized spacial score (nSPS) is 10.2.